The van der Waals surface area contributed by atoms with Gasteiger partial charge in [0.15, 0.2) is 0 Å². The van der Waals surface area contributed by atoms with Crippen LogP contribution in [0.5, 0.6) is 0 Å². The van der Waals surface area contributed by atoms with Gasteiger partial charge in [0.25, 0.3) is 0 Å². The summed E-state index contributed by atoms with van der Waals surface area (Å²) in [7, 11) is 0. The van der Waals surface area contributed by atoms with Crippen molar-refractivity contribution >= 4 is 18.0 Å². The van der Waals surface area contributed by atoms with Gasteiger partial charge in [-0.1, -0.05) is 68.3 Å². The molecule has 35 heavy (non-hydrogen) atoms. The SMILES string of the molecule is CCC[C@H](CC(=O)NCC1CCCC1C(=O)O)NC(=O)OCC1c2ccccc2-c2ccccc21. The molecular weight excluding hydrogens is 444 g/mol. The molecule has 186 valence electrons. The molecule has 0 aliphatic heterocycles. The Labute approximate surface area is 206 Å². The first-order chi connectivity index (χ1) is 17.0. The van der Waals surface area contributed by atoms with Crippen LogP contribution in [0, 0.1) is 11.8 Å². The third-order valence-electron chi connectivity index (χ3n) is 7.27. The van der Waals surface area contributed by atoms with Crippen LogP contribution in [0.2, 0.25) is 0 Å². The van der Waals surface area contributed by atoms with Crippen molar-refractivity contribution in [3.05, 3.63) is 59.7 Å². The second-order valence-corrected chi connectivity index (χ2v) is 9.60. The second kappa shape index (κ2) is 11.4. The molecule has 0 spiro atoms. The number of rotatable bonds is 10. The van der Waals surface area contributed by atoms with E-state index in [1.54, 1.807) is 0 Å². The van der Waals surface area contributed by atoms with Gasteiger partial charge >= 0.3 is 12.1 Å². The van der Waals surface area contributed by atoms with Crippen LogP contribution in [0.4, 0.5) is 4.79 Å². The summed E-state index contributed by atoms with van der Waals surface area (Å²) in [4.78, 5) is 36.5. The number of hydrogen-bond acceptors (Lipinski definition) is 4. The third-order valence-corrected chi connectivity index (χ3v) is 7.27. The van der Waals surface area contributed by atoms with Crippen molar-refractivity contribution in [3.63, 3.8) is 0 Å². The zero-order chi connectivity index (χ0) is 24.8. The fraction of sp³-hybridized carbons (Fsp3) is 0.464. The number of hydrogen-bond donors (Lipinski definition) is 3. The van der Waals surface area contributed by atoms with Gasteiger partial charge in [-0.25, -0.2) is 4.79 Å². The van der Waals surface area contributed by atoms with E-state index in [4.69, 9.17) is 4.74 Å². The molecule has 2 unspecified atom stereocenters. The molecule has 2 aromatic carbocycles. The van der Waals surface area contributed by atoms with Crippen molar-refractivity contribution in [2.24, 2.45) is 11.8 Å². The van der Waals surface area contributed by atoms with Crippen molar-refractivity contribution in [2.75, 3.05) is 13.2 Å². The van der Waals surface area contributed by atoms with Crippen LogP contribution in [0.1, 0.15) is 62.5 Å². The van der Waals surface area contributed by atoms with Gasteiger partial charge in [-0.15, -0.1) is 0 Å². The molecule has 2 amide bonds. The molecule has 7 nitrogen and oxygen atoms in total. The molecule has 2 aliphatic carbocycles. The lowest BCUT2D eigenvalue weighted by Crippen LogP contribution is -2.41. The van der Waals surface area contributed by atoms with Crippen molar-refractivity contribution in [1.29, 1.82) is 0 Å². The summed E-state index contributed by atoms with van der Waals surface area (Å²) in [6.07, 6.45) is 3.43. The Bertz CT molecular complexity index is 1020. The molecule has 2 aromatic rings. The molecule has 3 atom stereocenters. The van der Waals surface area contributed by atoms with E-state index in [2.05, 4.69) is 34.9 Å². The standard InChI is InChI=1S/C28H34N2O5/c1-2-8-19(15-26(31)29-16-18-9-7-14-20(18)27(32)33)30-28(34)35-17-25-23-12-5-3-10-21(23)22-11-4-6-13-24(22)25/h3-6,10-13,18-20,25H,2,7-9,14-17H2,1H3,(H,29,31)(H,30,34)(H,32,33)/t18?,19-,20?/m1/s1. The molecule has 3 N–H and O–H groups in total. The van der Waals surface area contributed by atoms with Gasteiger partial charge in [-0.3, -0.25) is 9.59 Å². The average Bonchev–Trinajstić information content (AvgIpc) is 3.44. The van der Waals surface area contributed by atoms with Crippen LogP contribution in [-0.2, 0) is 14.3 Å². The number of amides is 2. The van der Waals surface area contributed by atoms with E-state index < -0.39 is 12.1 Å². The van der Waals surface area contributed by atoms with Gasteiger partial charge in [0.2, 0.25) is 5.91 Å². The zero-order valence-electron chi connectivity index (χ0n) is 20.2. The maximum atomic E-state index is 12.6. The topological polar surface area (TPSA) is 105 Å². The van der Waals surface area contributed by atoms with Gasteiger partial charge in [0.1, 0.15) is 6.61 Å². The quantitative estimate of drug-likeness (QED) is 0.459. The summed E-state index contributed by atoms with van der Waals surface area (Å²) in [5, 5.41) is 15.1. The number of carbonyl (C=O) groups excluding carboxylic acids is 2. The van der Waals surface area contributed by atoms with Gasteiger partial charge in [-0.2, -0.15) is 0 Å². The van der Waals surface area contributed by atoms with Gasteiger partial charge < -0.3 is 20.5 Å². The Morgan fingerprint density at radius 1 is 1.03 bits per heavy atom. The van der Waals surface area contributed by atoms with E-state index in [1.807, 2.05) is 31.2 Å². The summed E-state index contributed by atoms with van der Waals surface area (Å²) >= 11 is 0. The largest absolute Gasteiger partial charge is 0.481 e. The lowest BCUT2D eigenvalue weighted by atomic mass is 9.96. The number of carboxylic acids is 1. The smallest absolute Gasteiger partial charge is 0.407 e. The first kappa shape index (κ1) is 24.8. The fourth-order valence-electron chi connectivity index (χ4n) is 5.53. The van der Waals surface area contributed by atoms with E-state index in [1.165, 1.54) is 11.1 Å². The number of carbonyl (C=O) groups is 3. The van der Waals surface area contributed by atoms with Gasteiger partial charge in [0.05, 0.1) is 5.92 Å². The maximum absolute atomic E-state index is 12.6. The number of aliphatic carboxylic acids is 1. The highest BCUT2D eigenvalue weighted by molar-refractivity contribution is 5.79. The number of carboxylic acid groups (broad SMARTS) is 1. The minimum absolute atomic E-state index is 0.0188. The normalized spacial score (nSPS) is 19.5. The predicted octanol–water partition coefficient (Wildman–Crippen LogP) is 4.70. The highest BCUT2D eigenvalue weighted by Crippen LogP contribution is 2.44. The predicted molar refractivity (Wildman–Crippen MR) is 133 cm³/mol. The maximum Gasteiger partial charge on any atom is 0.407 e. The van der Waals surface area contributed by atoms with E-state index >= 15 is 0 Å². The van der Waals surface area contributed by atoms with Crippen LogP contribution in [0.15, 0.2) is 48.5 Å². The Kier molecular flexibility index (Phi) is 8.06. The van der Waals surface area contributed by atoms with Crippen molar-refractivity contribution in [2.45, 2.75) is 57.4 Å². The highest BCUT2D eigenvalue weighted by Gasteiger charge is 2.33. The lowest BCUT2D eigenvalue weighted by Gasteiger charge is -2.21. The minimum Gasteiger partial charge on any atom is -0.481 e. The summed E-state index contributed by atoms with van der Waals surface area (Å²) in [5.41, 5.74) is 4.64. The molecule has 0 heterocycles. The number of ether oxygens (including phenoxy) is 1. The van der Waals surface area contributed by atoms with Crippen molar-refractivity contribution in [1.82, 2.24) is 10.6 Å². The minimum atomic E-state index is -0.789. The molecule has 4 rings (SSSR count). The molecule has 0 radical (unpaired) electrons. The average molecular weight is 479 g/mol. The Balaban J connectivity index is 1.29. The molecule has 2 aliphatic rings. The first-order valence-electron chi connectivity index (χ1n) is 12.6. The molecular formula is C28H34N2O5. The summed E-state index contributed by atoms with van der Waals surface area (Å²) < 4.78 is 5.63. The first-order valence-corrected chi connectivity index (χ1v) is 12.6. The summed E-state index contributed by atoms with van der Waals surface area (Å²) in [5.74, 6) is -1.41. The lowest BCUT2D eigenvalue weighted by molar-refractivity contribution is -0.143. The second-order valence-electron chi connectivity index (χ2n) is 9.60. The highest BCUT2D eigenvalue weighted by atomic mass is 16.5. The summed E-state index contributed by atoms with van der Waals surface area (Å²) in [6, 6.07) is 16.0. The monoisotopic (exact) mass is 478 g/mol. The van der Waals surface area contributed by atoms with Crippen molar-refractivity contribution < 1.29 is 24.2 Å². The van der Waals surface area contributed by atoms with Gasteiger partial charge in [0, 0.05) is 24.9 Å². The zero-order valence-corrected chi connectivity index (χ0v) is 20.2. The number of benzene rings is 2. The van der Waals surface area contributed by atoms with Crippen molar-refractivity contribution in [3.8, 4) is 11.1 Å². The van der Waals surface area contributed by atoms with E-state index in [9.17, 15) is 19.5 Å². The third kappa shape index (κ3) is 5.84. The fourth-order valence-corrected chi connectivity index (χ4v) is 5.53. The van der Waals surface area contributed by atoms with E-state index in [0.717, 1.165) is 30.4 Å². The van der Waals surface area contributed by atoms with Crippen LogP contribution in [-0.4, -0.2) is 42.3 Å². The van der Waals surface area contributed by atoms with Gasteiger partial charge in [-0.05, 0) is 47.4 Å². The molecule has 1 saturated carbocycles. The number of nitrogens with one attached hydrogen (secondary N) is 2. The Morgan fingerprint density at radius 2 is 1.69 bits per heavy atom. The Morgan fingerprint density at radius 3 is 2.31 bits per heavy atom. The molecule has 0 saturated heterocycles. The summed E-state index contributed by atoms with van der Waals surface area (Å²) in [6.45, 7) is 2.59. The number of fused-ring (bicyclic) bond motifs is 3. The van der Waals surface area contributed by atoms with E-state index in [0.29, 0.717) is 19.4 Å². The number of alkyl carbamates (subject to hydrolysis) is 1. The Hall–Kier alpha value is -3.35. The van der Waals surface area contributed by atoms with Crippen LogP contribution in [0.25, 0.3) is 11.1 Å². The molecule has 0 aromatic heterocycles. The van der Waals surface area contributed by atoms with Crippen LogP contribution < -0.4 is 10.6 Å². The van der Waals surface area contributed by atoms with Crippen LogP contribution in [0.3, 0.4) is 0 Å². The molecule has 1 fully saturated rings. The van der Waals surface area contributed by atoms with E-state index in [-0.39, 0.29) is 42.7 Å². The molecule has 7 heteroatoms. The molecule has 0 bridgehead atoms. The van der Waals surface area contributed by atoms with Crippen LogP contribution >= 0.6 is 0 Å².